The van der Waals surface area contributed by atoms with Gasteiger partial charge in [-0.3, -0.25) is 14.4 Å². The number of hydrogen-bond donors (Lipinski definition) is 2. The number of carbonyl (C=O) groups is 3. The summed E-state index contributed by atoms with van der Waals surface area (Å²) in [6.07, 6.45) is 0.177. The third-order valence-corrected chi connectivity index (χ3v) is 3.65. The zero-order valence-corrected chi connectivity index (χ0v) is 15.1. The van der Waals surface area contributed by atoms with Crippen molar-refractivity contribution < 1.29 is 23.9 Å². The van der Waals surface area contributed by atoms with Gasteiger partial charge in [0.25, 0.3) is 5.91 Å². The highest BCUT2D eigenvalue weighted by atomic mass is 16.5. The van der Waals surface area contributed by atoms with Gasteiger partial charge in [-0.25, -0.2) is 0 Å². The summed E-state index contributed by atoms with van der Waals surface area (Å²) in [6.45, 7) is -0.366. The lowest BCUT2D eigenvalue weighted by Crippen LogP contribution is -2.34. The van der Waals surface area contributed by atoms with E-state index in [4.69, 9.17) is 9.47 Å². The highest BCUT2D eigenvalue weighted by molar-refractivity contribution is 5.85. The van der Waals surface area contributed by atoms with Crippen LogP contribution in [0, 0.1) is 0 Å². The van der Waals surface area contributed by atoms with E-state index in [-0.39, 0.29) is 18.9 Å². The van der Waals surface area contributed by atoms with Gasteiger partial charge in [0.15, 0.2) is 6.61 Å². The number of amides is 2. The number of ether oxygens (including phenoxy) is 2. The number of nitrogens with one attached hydrogen (secondary N) is 2. The summed E-state index contributed by atoms with van der Waals surface area (Å²) in [6, 6.07) is 16.4. The molecule has 0 aromatic heterocycles. The summed E-state index contributed by atoms with van der Waals surface area (Å²) < 4.78 is 9.90. The van der Waals surface area contributed by atoms with Gasteiger partial charge < -0.3 is 20.1 Å². The maximum Gasteiger partial charge on any atom is 0.325 e. The molecule has 0 heterocycles. The molecule has 2 amide bonds. The van der Waals surface area contributed by atoms with Crippen LogP contribution in [-0.2, 0) is 32.1 Å². The van der Waals surface area contributed by atoms with E-state index < -0.39 is 18.5 Å². The third kappa shape index (κ3) is 7.60. The van der Waals surface area contributed by atoms with E-state index in [1.807, 2.05) is 42.5 Å². The lowest BCUT2D eigenvalue weighted by molar-refractivity contribution is -0.148. The molecule has 0 spiro atoms. The second-order valence-corrected chi connectivity index (χ2v) is 5.72. The van der Waals surface area contributed by atoms with Crippen molar-refractivity contribution in [1.29, 1.82) is 0 Å². The summed E-state index contributed by atoms with van der Waals surface area (Å²) >= 11 is 0. The molecule has 0 unspecified atom stereocenters. The van der Waals surface area contributed by atoms with Crippen LogP contribution < -0.4 is 15.4 Å². The summed E-state index contributed by atoms with van der Waals surface area (Å²) in [7, 11) is 1.58. The number of benzene rings is 2. The van der Waals surface area contributed by atoms with E-state index in [0.717, 1.165) is 16.9 Å². The summed E-state index contributed by atoms with van der Waals surface area (Å²) in [4.78, 5) is 35.1. The van der Waals surface area contributed by atoms with Crippen LogP contribution in [0.5, 0.6) is 5.75 Å². The highest BCUT2D eigenvalue weighted by Gasteiger charge is 2.10. The van der Waals surface area contributed by atoms with Gasteiger partial charge in [-0.1, -0.05) is 42.5 Å². The first-order valence-corrected chi connectivity index (χ1v) is 8.42. The Balaban J connectivity index is 1.61. The summed E-state index contributed by atoms with van der Waals surface area (Å²) in [5.74, 6) is -0.652. The van der Waals surface area contributed by atoms with Crippen LogP contribution in [0.3, 0.4) is 0 Å². The van der Waals surface area contributed by atoms with Crippen LogP contribution in [0.4, 0.5) is 0 Å². The van der Waals surface area contributed by atoms with E-state index in [1.165, 1.54) is 0 Å². The van der Waals surface area contributed by atoms with E-state index in [1.54, 1.807) is 19.2 Å². The van der Waals surface area contributed by atoms with Gasteiger partial charge in [0.1, 0.15) is 12.3 Å². The number of carbonyl (C=O) groups excluding carboxylic acids is 3. The molecular weight excluding hydrogens is 348 g/mol. The van der Waals surface area contributed by atoms with Crippen molar-refractivity contribution in [3.8, 4) is 5.75 Å². The molecule has 0 aliphatic heterocycles. The molecule has 27 heavy (non-hydrogen) atoms. The number of rotatable bonds is 9. The molecule has 7 heteroatoms. The first kappa shape index (κ1) is 20.0. The molecular formula is C20H22N2O5. The average molecular weight is 370 g/mol. The van der Waals surface area contributed by atoms with Crippen LogP contribution >= 0.6 is 0 Å². The topological polar surface area (TPSA) is 93.7 Å². The van der Waals surface area contributed by atoms with Crippen molar-refractivity contribution in [2.45, 2.75) is 13.0 Å². The first-order chi connectivity index (χ1) is 13.1. The zero-order chi connectivity index (χ0) is 19.5. The van der Waals surface area contributed by atoms with E-state index in [2.05, 4.69) is 10.6 Å². The molecule has 0 aliphatic rings. The largest absolute Gasteiger partial charge is 0.497 e. The van der Waals surface area contributed by atoms with Crippen LogP contribution in [0.25, 0.3) is 0 Å². The Bertz CT molecular complexity index is 760. The molecule has 2 aromatic rings. The van der Waals surface area contributed by atoms with E-state index in [9.17, 15) is 14.4 Å². The Kier molecular flexibility index (Phi) is 7.84. The van der Waals surface area contributed by atoms with Crippen LogP contribution in [-0.4, -0.2) is 38.0 Å². The molecule has 0 saturated carbocycles. The van der Waals surface area contributed by atoms with Crippen molar-refractivity contribution in [2.75, 3.05) is 20.3 Å². The van der Waals surface area contributed by atoms with Crippen LogP contribution in [0.15, 0.2) is 54.6 Å². The van der Waals surface area contributed by atoms with E-state index >= 15 is 0 Å². The molecule has 7 nitrogen and oxygen atoms in total. The van der Waals surface area contributed by atoms with Crippen molar-refractivity contribution >= 4 is 17.8 Å². The molecule has 0 aliphatic carbocycles. The Labute approximate surface area is 157 Å². The van der Waals surface area contributed by atoms with Crippen molar-refractivity contribution in [3.63, 3.8) is 0 Å². The lowest BCUT2D eigenvalue weighted by Gasteiger charge is -2.08. The van der Waals surface area contributed by atoms with Gasteiger partial charge in [-0.05, 0) is 23.3 Å². The fraction of sp³-hybridized carbons (Fsp3) is 0.250. The smallest absolute Gasteiger partial charge is 0.325 e. The van der Waals surface area contributed by atoms with Crippen LogP contribution in [0.1, 0.15) is 11.1 Å². The van der Waals surface area contributed by atoms with Gasteiger partial charge in [-0.2, -0.15) is 0 Å². The normalized spacial score (nSPS) is 9.96. The van der Waals surface area contributed by atoms with E-state index in [0.29, 0.717) is 6.54 Å². The van der Waals surface area contributed by atoms with Gasteiger partial charge in [-0.15, -0.1) is 0 Å². The third-order valence-electron chi connectivity index (χ3n) is 3.65. The molecule has 2 rings (SSSR count). The molecule has 0 radical (unpaired) electrons. The van der Waals surface area contributed by atoms with Crippen molar-refractivity contribution in [1.82, 2.24) is 10.6 Å². The van der Waals surface area contributed by atoms with Gasteiger partial charge in [0, 0.05) is 6.54 Å². The monoisotopic (exact) mass is 370 g/mol. The fourth-order valence-electron chi connectivity index (χ4n) is 2.21. The van der Waals surface area contributed by atoms with Crippen LogP contribution in [0.2, 0.25) is 0 Å². The molecule has 0 saturated heterocycles. The molecule has 2 N–H and O–H groups in total. The fourth-order valence-corrected chi connectivity index (χ4v) is 2.21. The predicted octanol–water partition coefficient (Wildman–Crippen LogP) is 1.21. The lowest BCUT2D eigenvalue weighted by atomic mass is 10.1. The second kappa shape index (κ2) is 10.6. The average Bonchev–Trinajstić information content (AvgIpc) is 2.70. The Morgan fingerprint density at radius 3 is 2.22 bits per heavy atom. The molecule has 142 valence electrons. The van der Waals surface area contributed by atoms with Gasteiger partial charge in [0.2, 0.25) is 5.91 Å². The second-order valence-electron chi connectivity index (χ2n) is 5.72. The minimum Gasteiger partial charge on any atom is -0.497 e. The minimum absolute atomic E-state index is 0.177. The van der Waals surface area contributed by atoms with Crippen molar-refractivity contribution in [2.24, 2.45) is 0 Å². The highest BCUT2D eigenvalue weighted by Crippen LogP contribution is 2.10. The maximum atomic E-state index is 11.8. The Hall–Kier alpha value is -3.35. The number of esters is 1. The van der Waals surface area contributed by atoms with Crippen molar-refractivity contribution in [3.05, 3.63) is 65.7 Å². The first-order valence-electron chi connectivity index (χ1n) is 8.42. The standard InChI is InChI=1S/C20H22N2O5/c1-26-17-9-7-16(8-10-17)12-21-19(24)14-27-20(25)13-22-18(23)11-15-5-3-2-4-6-15/h2-10H,11-14H2,1H3,(H,21,24)(H,22,23). The number of hydrogen-bond acceptors (Lipinski definition) is 5. The zero-order valence-electron chi connectivity index (χ0n) is 15.1. The minimum atomic E-state index is -0.670. The maximum absolute atomic E-state index is 11.8. The Morgan fingerprint density at radius 2 is 1.56 bits per heavy atom. The predicted molar refractivity (Wildman–Crippen MR) is 99.0 cm³/mol. The summed E-state index contributed by atoms with van der Waals surface area (Å²) in [5, 5.41) is 5.11. The quantitative estimate of drug-likeness (QED) is 0.647. The Morgan fingerprint density at radius 1 is 0.852 bits per heavy atom. The molecule has 2 aromatic carbocycles. The van der Waals surface area contributed by atoms with Gasteiger partial charge in [0.05, 0.1) is 13.5 Å². The summed E-state index contributed by atoms with van der Waals surface area (Å²) in [5.41, 5.74) is 1.74. The number of methoxy groups -OCH3 is 1. The molecule has 0 fully saturated rings. The molecule has 0 bridgehead atoms. The molecule has 0 atom stereocenters. The SMILES string of the molecule is COc1ccc(CNC(=O)COC(=O)CNC(=O)Cc2ccccc2)cc1. The van der Waals surface area contributed by atoms with Gasteiger partial charge >= 0.3 is 5.97 Å².